The number of carboxylic acid groups (broad SMARTS) is 1. The number of nitrogens with zero attached hydrogens (tertiary/aromatic N) is 1. The fourth-order valence-corrected chi connectivity index (χ4v) is 6.41. The Labute approximate surface area is 227 Å². The van der Waals surface area contributed by atoms with Crippen molar-refractivity contribution < 1.29 is 36.6 Å². The summed E-state index contributed by atoms with van der Waals surface area (Å²) in [5.41, 5.74) is 0.550. The number of hydrogen-bond donors (Lipinski definition) is 2. The van der Waals surface area contributed by atoms with Gasteiger partial charge in [0, 0.05) is 10.3 Å². The van der Waals surface area contributed by atoms with Crippen LogP contribution in [0.25, 0.3) is 17.0 Å². The van der Waals surface area contributed by atoms with Gasteiger partial charge in [-0.1, -0.05) is 57.2 Å². The highest BCUT2D eigenvalue weighted by molar-refractivity contribution is 7.90. The Hall–Kier alpha value is -3.41. The van der Waals surface area contributed by atoms with Crippen LogP contribution in [-0.2, 0) is 21.6 Å². The molecule has 2 heterocycles. The summed E-state index contributed by atoms with van der Waals surface area (Å²) in [7, 11) is -4.22. The maximum Gasteiger partial charge on any atom is 0.416 e. The maximum atomic E-state index is 13.6. The molecule has 0 aliphatic carbocycles. The van der Waals surface area contributed by atoms with Crippen molar-refractivity contribution in [3.63, 3.8) is 0 Å². The number of rotatable bonds is 7. The molecule has 0 aliphatic rings. The Morgan fingerprint density at radius 2 is 1.74 bits per heavy atom. The van der Waals surface area contributed by atoms with E-state index in [4.69, 9.17) is 0 Å². The normalized spacial score (nSPS) is 13.8. The van der Waals surface area contributed by atoms with Crippen LogP contribution in [0, 0.1) is 0 Å². The third-order valence-electron chi connectivity index (χ3n) is 6.15. The minimum atomic E-state index is -4.65. The summed E-state index contributed by atoms with van der Waals surface area (Å²) in [5.74, 6) is -1.72. The van der Waals surface area contributed by atoms with Crippen molar-refractivity contribution in [2.75, 3.05) is 5.75 Å². The van der Waals surface area contributed by atoms with Crippen molar-refractivity contribution >= 4 is 44.3 Å². The van der Waals surface area contributed by atoms with Gasteiger partial charge in [-0.25, -0.2) is 17.2 Å². The van der Waals surface area contributed by atoms with Gasteiger partial charge in [0.1, 0.15) is 11.0 Å². The van der Waals surface area contributed by atoms with Crippen LogP contribution in [0.1, 0.15) is 63.8 Å². The van der Waals surface area contributed by atoms with Gasteiger partial charge in [-0.3, -0.25) is 0 Å². The Morgan fingerprint density at radius 1 is 1.03 bits per heavy atom. The molecule has 1 unspecified atom stereocenters. The summed E-state index contributed by atoms with van der Waals surface area (Å²) >= 11 is 0.747. The molecular weight excluding hydrogens is 551 g/mol. The maximum absolute atomic E-state index is 13.6. The fourth-order valence-electron chi connectivity index (χ4n) is 4.14. The first-order chi connectivity index (χ1) is 18.1. The quantitative estimate of drug-likeness (QED) is 0.255. The first-order valence-corrected chi connectivity index (χ1v) is 14.2. The van der Waals surface area contributed by atoms with E-state index < -0.39 is 39.6 Å². The molecule has 11 heteroatoms. The zero-order chi connectivity index (χ0) is 28.8. The standard InChI is InChI=1S/C28H26F3NO5S2/c1-27(2,3)19-8-4-6-17(14-19)7-5-13-39(36,37)32-21-10-9-20(28(29,30)31)15-18(21)16-22(32)25(33)23-11-12-24(38-23)26(34)35/h4-12,14-16,25,33H,13H2,1-3H3,(H,34,35). The van der Waals surface area contributed by atoms with Crippen LogP contribution in [0.15, 0.2) is 66.7 Å². The second-order valence-electron chi connectivity index (χ2n) is 10.1. The summed E-state index contributed by atoms with van der Waals surface area (Å²) in [6.45, 7) is 6.17. The van der Waals surface area contributed by atoms with Gasteiger partial charge in [0.2, 0.25) is 10.0 Å². The van der Waals surface area contributed by atoms with Crippen molar-refractivity contribution in [1.29, 1.82) is 0 Å². The number of carbonyl (C=O) groups is 1. The molecule has 0 fully saturated rings. The van der Waals surface area contributed by atoms with Crippen LogP contribution in [0.5, 0.6) is 0 Å². The number of thiophene rings is 1. The fraction of sp³-hybridized carbons (Fsp3) is 0.250. The van der Waals surface area contributed by atoms with Crippen LogP contribution in [0.3, 0.4) is 0 Å². The summed E-state index contributed by atoms with van der Waals surface area (Å²) in [6, 6.07) is 14.1. The molecule has 4 rings (SSSR count). The minimum Gasteiger partial charge on any atom is -0.477 e. The lowest BCUT2D eigenvalue weighted by molar-refractivity contribution is -0.137. The zero-order valence-electron chi connectivity index (χ0n) is 21.2. The SMILES string of the molecule is CC(C)(C)c1cccc(C=CCS(=O)(=O)n2c(C(O)c3ccc(C(=O)O)s3)cc3cc(C(F)(F)F)ccc32)c1. The number of hydrogen-bond acceptors (Lipinski definition) is 5. The summed E-state index contributed by atoms with van der Waals surface area (Å²) in [6.07, 6.45) is -3.15. The summed E-state index contributed by atoms with van der Waals surface area (Å²) in [4.78, 5) is 11.4. The van der Waals surface area contributed by atoms with Crippen molar-refractivity contribution in [2.24, 2.45) is 0 Å². The van der Waals surface area contributed by atoms with Gasteiger partial charge in [-0.15, -0.1) is 11.3 Å². The van der Waals surface area contributed by atoms with Crippen LogP contribution in [0.4, 0.5) is 13.2 Å². The average Bonchev–Trinajstić information content (AvgIpc) is 3.48. The van der Waals surface area contributed by atoms with E-state index in [0.29, 0.717) is 0 Å². The van der Waals surface area contributed by atoms with Crippen LogP contribution in [0.2, 0.25) is 0 Å². The topological polar surface area (TPSA) is 96.6 Å². The number of carboxylic acids is 1. The number of aromatic carboxylic acids is 1. The molecule has 6 nitrogen and oxygen atoms in total. The molecule has 0 saturated carbocycles. The Bertz CT molecular complexity index is 1680. The largest absolute Gasteiger partial charge is 0.477 e. The van der Waals surface area contributed by atoms with Gasteiger partial charge in [0.05, 0.1) is 22.5 Å². The minimum absolute atomic E-state index is 0.0284. The molecule has 0 bridgehead atoms. The average molecular weight is 578 g/mol. The van der Waals surface area contributed by atoms with Gasteiger partial charge < -0.3 is 10.2 Å². The number of benzene rings is 2. The number of aliphatic hydroxyl groups excluding tert-OH is 1. The molecule has 0 amide bonds. The molecule has 0 radical (unpaired) electrons. The van der Waals surface area contributed by atoms with Gasteiger partial charge in [-0.2, -0.15) is 13.2 Å². The monoisotopic (exact) mass is 577 g/mol. The molecule has 0 aliphatic heterocycles. The van der Waals surface area contributed by atoms with E-state index in [1.807, 2.05) is 24.3 Å². The molecule has 0 saturated heterocycles. The van der Waals surface area contributed by atoms with E-state index in [1.54, 1.807) is 6.08 Å². The molecule has 206 valence electrons. The highest BCUT2D eigenvalue weighted by Gasteiger charge is 2.32. The Morgan fingerprint density at radius 3 is 2.36 bits per heavy atom. The molecule has 2 aromatic carbocycles. The van der Waals surface area contributed by atoms with Crippen molar-refractivity contribution in [2.45, 2.75) is 38.5 Å². The lowest BCUT2D eigenvalue weighted by Gasteiger charge is -2.19. The van der Waals surface area contributed by atoms with Crippen LogP contribution < -0.4 is 0 Å². The molecule has 2 aromatic heterocycles. The van der Waals surface area contributed by atoms with Crippen molar-refractivity contribution in [3.8, 4) is 0 Å². The zero-order valence-corrected chi connectivity index (χ0v) is 22.9. The van der Waals surface area contributed by atoms with Gasteiger partial charge in [0.15, 0.2) is 0 Å². The lowest BCUT2D eigenvalue weighted by Crippen LogP contribution is -2.19. The van der Waals surface area contributed by atoms with E-state index >= 15 is 0 Å². The van der Waals surface area contributed by atoms with Crippen LogP contribution in [-0.4, -0.2) is 34.3 Å². The highest BCUT2D eigenvalue weighted by atomic mass is 32.2. The second-order valence-corrected chi connectivity index (χ2v) is 13.0. The van der Waals surface area contributed by atoms with Gasteiger partial charge in [-0.05, 0) is 52.9 Å². The second kappa shape index (κ2) is 10.3. The first-order valence-electron chi connectivity index (χ1n) is 11.8. The Kier molecular flexibility index (Phi) is 7.54. The van der Waals surface area contributed by atoms with E-state index in [2.05, 4.69) is 20.8 Å². The molecule has 0 spiro atoms. The van der Waals surface area contributed by atoms with E-state index in [1.165, 1.54) is 24.3 Å². The van der Waals surface area contributed by atoms with E-state index in [-0.39, 0.29) is 31.8 Å². The number of aliphatic hydroxyl groups is 1. The lowest BCUT2D eigenvalue weighted by atomic mass is 9.86. The highest BCUT2D eigenvalue weighted by Crippen LogP contribution is 2.37. The van der Waals surface area contributed by atoms with Gasteiger partial charge in [0.25, 0.3) is 0 Å². The van der Waals surface area contributed by atoms with E-state index in [0.717, 1.165) is 44.6 Å². The molecule has 4 aromatic rings. The predicted octanol–water partition coefficient (Wildman–Crippen LogP) is 6.69. The molecule has 39 heavy (non-hydrogen) atoms. The number of halogens is 3. The number of fused-ring (bicyclic) bond motifs is 1. The third kappa shape index (κ3) is 6.10. The molecular formula is C28H26F3NO5S2. The number of alkyl halides is 3. The van der Waals surface area contributed by atoms with Crippen LogP contribution >= 0.6 is 11.3 Å². The van der Waals surface area contributed by atoms with E-state index in [9.17, 15) is 36.6 Å². The summed E-state index contributed by atoms with van der Waals surface area (Å²) < 4.78 is 68.0. The third-order valence-corrected chi connectivity index (χ3v) is 8.85. The van der Waals surface area contributed by atoms with Crippen molar-refractivity contribution in [1.82, 2.24) is 3.97 Å². The first kappa shape index (κ1) is 28.6. The van der Waals surface area contributed by atoms with Gasteiger partial charge >= 0.3 is 12.1 Å². The van der Waals surface area contributed by atoms with Crippen molar-refractivity contribution in [3.05, 3.63) is 98.9 Å². The number of aromatic nitrogens is 1. The Balaban J connectivity index is 1.78. The predicted molar refractivity (Wildman–Crippen MR) is 146 cm³/mol. The molecule has 1 atom stereocenters. The summed E-state index contributed by atoms with van der Waals surface area (Å²) in [5, 5.41) is 20.3. The smallest absolute Gasteiger partial charge is 0.416 e. The molecule has 2 N–H and O–H groups in total.